The summed E-state index contributed by atoms with van der Waals surface area (Å²) in [5, 5.41) is 0. The van der Waals surface area contributed by atoms with Gasteiger partial charge in [0.25, 0.3) is 0 Å². The van der Waals surface area contributed by atoms with E-state index < -0.39 is 0 Å². The van der Waals surface area contributed by atoms with E-state index in [0.717, 1.165) is 54.1 Å². The van der Waals surface area contributed by atoms with Crippen molar-refractivity contribution in [2.45, 2.75) is 26.8 Å². The van der Waals surface area contributed by atoms with Crippen LogP contribution in [0.15, 0.2) is 22.6 Å². The predicted molar refractivity (Wildman–Crippen MR) is 76.6 cm³/mol. The van der Waals surface area contributed by atoms with Gasteiger partial charge in [-0.15, -0.1) is 0 Å². The second kappa shape index (κ2) is 4.85. The molecule has 0 saturated carbocycles. The number of nitrogens with zero attached hydrogens (tertiary/aromatic N) is 2. The first-order valence-electron chi connectivity index (χ1n) is 6.97. The molecule has 0 amide bonds. The summed E-state index contributed by atoms with van der Waals surface area (Å²) >= 11 is 0. The Hall–Kier alpha value is -1.55. The summed E-state index contributed by atoms with van der Waals surface area (Å²) in [6, 6.07) is 5.62. The van der Waals surface area contributed by atoms with E-state index in [9.17, 15) is 0 Å². The molecule has 102 valence electrons. The third-order valence-corrected chi connectivity index (χ3v) is 3.76. The Balaban J connectivity index is 1.77. The van der Waals surface area contributed by atoms with Crippen LogP contribution >= 0.6 is 0 Å². The molecule has 3 rings (SSSR count). The van der Waals surface area contributed by atoms with E-state index in [-0.39, 0.29) is 0 Å². The predicted octanol–water partition coefficient (Wildman–Crippen LogP) is 2.89. The molecule has 2 aromatic rings. The molecule has 2 heterocycles. The fourth-order valence-corrected chi connectivity index (χ4v) is 3.17. The number of likely N-dealkylation sites (tertiary alicyclic amines) is 1. The Morgan fingerprint density at radius 1 is 1.32 bits per heavy atom. The van der Waals surface area contributed by atoms with Crippen molar-refractivity contribution >= 4 is 16.8 Å². The molecule has 0 bridgehead atoms. The zero-order valence-corrected chi connectivity index (χ0v) is 11.6. The van der Waals surface area contributed by atoms with E-state index in [4.69, 9.17) is 10.2 Å². The lowest BCUT2D eigenvalue weighted by molar-refractivity contribution is 0.125. The number of aromatic nitrogens is 1. The highest BCUT2D eigenvalue weighted by molar-refractivity contribution is 5.76. The maximum absolute atomic E-state index is 5.79. The Labute approximate surface area is 113 Å². The summed E-state index contributed by atoms with van der Waals surface area (Å²) in [6.07, 6.45) is 1.32. The van der Waals surface area contributed by atoms with Gasteiger partial charge in [0.05, 0.1) is 6.54 Å². The van der Waals surface area contributed by atoms with Gasteiger partial charge < -0.3 is 10.2 Å². The number of fused-ring (bicyclic) bond motifs is 1. The van der Waals surface area contributed by atoms with Crippen molar-refractivity contribution in [1.82, 2.24) is 9.88 Å². The molecule has 2 unspecified atom stereocenters. The number of nitrogen functional groups attached to an aromatic ring is 1. The van der Waals surface area contributed by atoms with Gasteiger partial charge in [-0.25, -0.2) is 4.98 Å². The first-order chi connectivity index (χ1) is 9.10. The van der Waals surface area contributed by atoms with Crippen molar-refractivity contribution in [2.75, 3.05) is 18.8 Å². The Bertz CT molecular complexity index is 568. The third-order valence-electron chi connectivity index (χ3n) is 3.76. The van der Waals surface area contributed by atoms with Crippen molar-refractivity contribution in [3.63, 3.8) is 0 Å². The van der Waals surface area contributed by atoms with Gasteiger partial charge in [0.1, 0.15) is 5.52 Å². The minimum Gasteiger partial charge on any atom is -0.439 e. The van der Waals surface area contributed by atoms with Gasteiger partial charge in [-0.05, 0) is 30.4 Å². The zero-order chi connectivity index (χ0) is 13.4. The number of anilines is 1. The Kier molecular flexibility index (Phi) is 3.19. The molecule has 4 nitrogen and oxygen atoms in total. The van der Waals surface area contributed by atoms with Gasteiger partial charge in [-0.1, -0.05) is 13.8 Å². The Morgan fingerprint density at radius 3 is 2.79 bits per heavy atom. The average Bonchev–Trinajstić information content (AvgIpc) is 2.68. The molecule has 1 aromatic carbocycles. The second-order valence-corrected chi connectivity index (χ2v) is 5.97. The number of hydrogen-bond donors (Lipinski definition) is 1. The monoisotopic (exact) mass is 259 g/mol. The van der Waals surface area contributed by atoms with Gasteiger partial charge in [-0.3, -0.25) is 4.90 Å². The minimum atomic E-state index is 0.718. The van der Waals surface area contributed by atoms with Crippen LogP contribution in [-0.4, -0.2) is 23.0 Å². The highest BCUT2D eigenvalue weighted by Crippen LogP contribution is 2.24. The Morgan fingerprint density at radius 2 is 2.05 bits per heavy atom. The standard InChI is InChI=1S/C15H21N3O/c1-10-5-11(2)8-18(7-10)9-15-17-13-4-3-12(16)6-14(13)19-15/h3-4,6,10-11H,5,7-9,16H2,1-2H3. The molecule has 2 atom stereocenters. The summed E-state index contributed by atoms with van der Waals surface area (Å²) < 4.78 is 5.79. The normalized spacial score (nSPS) is 24.9. The molecule has 1 aliphatic heterocycles. The molecule has 0 aliphatic carbocycles. The van der Waals surface area contributed by atoms with Crippen LogP contribution in [0.5, 0.6) is 0 Å². The van der Waals surface area contributed by atoms with Crippen molar-refractivity contribution in [2.24, 2.45) is 11.8 Å². The van der Waals surface area contributed by atoms with Crippen LogP contribution in [0, 0.1) is 11.8 Å². The fourth-order valence-electron chi connectivity index (χ4n) is 3.17. The molecule has 1 fully saturated rings. The van der Waals surface area contributed by atoms with E-state index in [1.807, 2.05) is 18.2 Å². The maximum Gasteiger partial charge on any atom is 0.209 e. The minimum absolute atomic E-state index is 0.718. The van der Waals surface area contributed by atoms with E-state index in [1.165, 1.54) is 6.42 Å². The molecular weight excluding hydrogens is 238 g/mol. The van der Waals surface area contributed by atoms with Gasteiger partial charge in [0.2, 0.25) is 5.89 Å². The number of benzene rings is 1. The van der Waals surface area contributed by atoms with Gasteiger partial charge >= 0.3 is 0 Å². The van der Waals surface area contributed by atoms with Crippen LogP contribution in [0.25, 0.3) is 11.1 Å². The van der Waals surface area contributed by atoms with Crippen LogP contribution in [0.3, 0.4) is 0 Å². The first kappa shape index (κ1) is 12.5. The van der Waals surface area contributed by atoms with Crippen LogP contribution in [0.2, 0.25) is 0 Å². The SMILES string of the molecule is CC1CC(C)CN(Cc2nc3ccc(N)cc3o2)C1. The van der Waals surface area contributed by atoms with Gasteiger partial charge in [0.15, 0.2) is 5.58 Å². The number of nitrogens with two attached hydrogens (primary N) is 1. The number of oxazole rings is 1. The quantitative estimate of drug-likeness (QED) is 0.843. The van der Waals surface area contributed by atoms with E-state index in [2.05, 4.69) is 23.7 Å². The largest absolute Gasteiger partial charge is 0.439 e. The van der Waals surface area contributed by atoms with Crippen LogP contribution in [0.4, 0.5) is 5.69 Å². The highest BCUT2D eigenvalue weighted by atomic mass is 16.3. The molecule has 0 spiro atoms. The van der Waals surface area contributed by atoms with Crippen LogP contribution < -0.4 is 5.73 Å². The summed E-state index contributed by atoms with van der Waals surface area (Å²) in [5.41, 5.74) is 8.15. The summed E-state index contributed by atoms with van der Waals surface area (Å²) in [7, 11) is 0. The topological polar surface area (TPSA) is 55.3 Å². The van der Waals surface area contributed by atoms with E-state index >= 15 is 0 Å². The lowest BCUT2D eigenvalue weighted by Crippen LogP contribution is -2.38. The first-order valence-corrected chi connectivity index (χ1v) is 6.97. The van der Waals surface area contributed by atoms with Gasteiger partial charge in [0, 0.05) is 24.8 Å². The summed E-state index contributed by atoms with van der Waals surface area (Å²) in [4.78, 5) is 6.97. The van der Waals surface area contributed by atoms with Crippen molar-refractivity contribution < 1.29 is 4.42 Å². The van der Waals surface area contributed by atoms with Crippen LogP contribution in [-0.2, 0) is 6.54 Å². The van der Waals surface area contributed by atoms with E-state index in [1.54, 1.807) is 0 Å². The average molecular weight is 259 g/mol. The zero-order valence-electron chi connectivity index (χ0n) is 11.6. The van der Waals surface area contributed by atoms with Crippen molar-refractivity contribution in [3.05, 3.63) is 24.1 Å². The lowest BCUT2D eigenvalue weighted by atomic mass is 9.92. The van der Waals surface area contributed by atoms with Crippen molar-refractivity contribution in [3.8, 4) is 0 Å². The second-order valence-electron chi connectivity index (χ2n) is 5.97. The third kappa shape index (κ3) is 2.73. The molecular formula is C15H21N3O. The molecule has 0 radical (unpaired) electrons. The molecule has 1 aliphatic rings. The molecule has 2 N–H and O–H groups in total. The highest BCUT2D eigenvalue weighted by Gasteiger charge is 2.23. The number of piperidine rings is 1. The summed E-state index contributed by atoms with van der Waals surface area (Å²) in [6.45, 7) is 7.69. The lowest BCUT2D eigenvalue weighted by Gasteiger charge is -2.34. The molecule has 1 aromatic heterocycles. The van der Waals surface area contributed by atoms with Crippen molar-refractivity contribution in [1.29, 1.82) is 0 Å². The molecule has 1 saturated heterocycles. The van der Waals surface area contributed by atoms with Gasteiger partial charge in [-0.2, -0.15) is 0 Å². The maximum atomic E-state index is 5.79. The molecule has 19 heavy (non-hydrogen) atoms. The van der Waals surface area contributed by atoms with E-state index in [0.29, 0.717) is 0 Å². The fraction of sp³-hybridized carbons (Fsp3) is 0.533. The van der Waals surface area contributed by atoms with Crippen LogP contribution in [0.1, 0.15) is 26.2 Å². The summed E-state index contributed by atoms with van der Waals surface area (Å²) in [5.74, 6) is 2.30. The smallest absolute Gasteiger partial charge is 0.209 e. The number of rotatable bonds is 2. The number of hydrogen-bond acceptors (Lipinski definition) is 4. The molecule has 4 heteroatoms.